The minimum Gasteiger partial charge on any atom is -0.409 e. The molecule has 7 heteroatoms. The average molecular weight is 295 g/mol. The Balaban J connectivity index is 2.10. The van der Waals surface area contributed by atoms with Crippen molar-refractivity contribution >= 4 is 29.2 Å². The second-order valence-corrected chi connectivity index (χ2v) is 4.96. The standard InChI is InChI=1S/C12H11ClN4OS/c13-10-6-8(11(14)17-18)2-3-9(10)7-19-12-15-4-1-5-16-12/h1-6,18H,7H2,(H2,14,17). The van der Waals surface area contributed by atoms with E-state index in [4.69, 9.17) is 22.5 Å². The molecule has 0 atom stereocenters. The number of nitrogens with two attached hydrogens (primary N) is 1. The normalized spacial score (nSPS) is 11.5. The van der Waals surface area contributed by atoms with E-state index in [1.807, 2.05) is 6.07 Å². The van der Waals surface area contributed by atoms with Crippen LogP contribution in [0.3, 0.4) is 0 Å². The van der Waals surface area contributed by atoms with E-state index in [0.29, 0.717) is 21.5 Å². The molecule has 0 bridgehead atoms. The predicted molar refractivity (Wildman–Crippen MR) is 75.6 cm³/mol. The summed E-state index contributed by atoms with van der Waals surface area (Å²) in [5.41, 5.74) is 7.01. The highest BCUT2D eigenvalue weighted by Crippen LogP contribution is 2.25. The van der Waals surface area contributed by atoms with Gasteiger partial charge in [0.05, 0.1) is 0 Å². The van der Waals surface area contributed by atoms with Crippen molar-refractivity contribution in [2.75, 3.05) is 0 Å². The SMILES string of the molecule is N/C(=N/O)c1ccc(CSc2ncccn2)c(Cl)c1. The van der Waals surface area contributed by atoms with Crippen LogP contribution in [0.2, 0.25) is 5.02 Å². The lowest BCUT2D eigenvalue weighted by molar-refractivity contribution is 0.318. The van der Waals surface area contributed by atoms with Crippen LogP contribution in [0.15, 0.2) is 47.0 Å². The molecular formula is C12H11ClN4OS. The van der Waals surface area contributed by atoms with E-state index in [2.05, 4.69) is 15.1 Å². The lowest BCUT2D eigenvalue weighted by atomic mass is 10.1. The van der Waals surface area contributed by atoms with Crippen LogP contribution in [-0.2, 0) is 5.75 Å². The Morgan fingerprint density at radius 2 is 2.11 bits per heavy atom. The Labute approximate surface area is 119 Å². The molecule has 3 N–H and O–H groups in total. The summed E-state index contributed by atoms with van der Waals surface area (Å²) in [6.45, 7) is 0. The highest BCUT2D eigenvalue weighted by atomic mass is 35.5. The molecule has 0 aliphatic carbocycles. The molecule has 0 spiro atoms. The molecule has 1 aromatic carbocycles. The molecule has 1 heterocycles. The molecule has 0 unspecified atom stereocenters. The van der Waals surface area contributed by atoms with Crippen LogP contribution in [0.5, 0.6) is 0 Å². The number of rotatable bonds is 4. The van der Waals surface area contributed by atoms with E-state index in [1.54, 1.807) is 30.6 Å². The zero-order chi connectivity index (χ0) is 13.7. The smallest absolute Gasteiger partial charge is 0.187 e. The molecule has 0 saturated heterocycles. The summed E-state index contributed by atoms with van der Waals surface area (Å²) in [5, 5.41) is 12.8. The van der Waals surface area contributed by atoms with Gasteiger partial charge in [-0.2, -0.15) is 0 Å². The van der Waals surface area contributed by atoms with Gasteiger partial charge in [0, 0.05) is 28.7 Å². The van der Waals surface area contributed by atoms with Crippen molar-refractivity contribution in [1.82, 2.24) is 9.97 Å². The number of hydrogen-bond donors (Lipinski definition) is 2. The number of hydrogen-bond acceptors (Lipinski definition) is 5. The maximum absolute atomic E-state index is 8.60. The van der Waals surface area contributed by atoms with Crippen LogP contribution < -0.4 is 5.73 Å². The van der Waals surface area contributed by atoms with Crippen molar-refractivity contribution in [2.24, 2.45) is 10.9 Å². The predicted octanol–water partition coefficient (Wildman–Crippen LogP) is 2.52. The summed E-state index contributed by atoms with van der Waals surface area (Å²) in [7, 11) is 0. The summed E-state index contributed by atoms with van der Waals surface area (Å²) in [4.78, 5) is 8.24. The number of benzene rings is 1. The fraction of sp³-hybridized carbons (Fsp3) is 0.0833. The van der Waals surface area contributed by atoms with Crippen molar-refractivity contribution in [3.05, 3.63) is 52.8 Å². The fourth-order valence-electron chi connectivity index (χ4n) is 1.38. The molecule has 2 aromatic rings. The minimum absolute atomic E-state index is 0.0347. The monoisotopic (exact) mass is 294 g/mol. The van der Waals surface area contributed by atoms with Gasteiger partial charge in [-0.15, -0.1) is 0 Å². The molecule has 5 nitrogen and oxygen atoms in total. The van der Waals surface area contributed by atoms with Crippen LogP contribution in [0.1, 0.15) is 11.1 Å². The van der Waals surface area contributed by atoms with Gasteiger partial charge in [-0.1, -0.05) is 40.7 Å². The maximum Gasteiger partial charge on any atom is 0.187 e. The molecule has 0 radical (unpaired) electrons. The molecule has 19 heavy (non-hydrogen) atoms. The largest absolute Gasteiger partial charge is 0.409 e. The van der Waals surface area contributed by atoms with Gasteiger partial charge < -0.3 is 10.9 Å². The number of thioether (sulfide) groups is 1. The first kappa shape index (κ1) is 13.6. The van der Waals surface area contributed by atoms with Crippen molar-refractivity contribution in [2.45, 2.75) is 10.9 Å². The summed E-state index contributed by atoms with van der Waals surface area (Å²) < 4.78 is 0. The summed E-state index contributed by atoms with van der Waals surface area (Å²) in [5.74, 6) is 0.687. The van der Waals surface area contributed by atoms with Gasteiger partial charge in [-0.3, -0.25) is 0 Å². The third kappa shape index (κ3) is 3.59. The van der Waals surface area contributed by atoms with Gasteiger partial charge in [0.1, 0.15) is 0 Å². The quantitative estimate of drug-likeness (QED) is 0.226. The Kier molecular flexibility index (Phi) is 4.59. The van der Waals surface area contributed by atoms with Crippen LogP contribution in [0, 0.1) is 0 Å². The molecule has 1 aromatic heterocycles. The van der Waals surface area contributed by atoms with Crippen LogP contribution >= 0.6 is 23.4 Å². The summed E-state index contributed by atoms with van der Waals surface area (Å²) >= 11 is 7.64. The molecular weight excluding hydrogens is 284 g/mol. The van der Waals surface area contributed by atoms with E-state index in [9.17, 15) is 0 Å². The molecule has 2 rings (SSSR count). The van der Waals surface area contributed by atoms with Gasteiger partial charge in [-0.05, 0) is 17.7 Å². The number of nitrogens with zero attached hydrogens (tertiary/aromatic N) is 3. The van der Waals surface area contributed by atoms with Crippen molar-refractivity contribution < 1.29 is 5.21 Å². The van der Waals surface area contributed by atoms with Crippen molar-refractivity contribution in [1.29, 1.82) is 0 Å². The third-order valence-corrected chi connectivity index (χ3v) is 3.63. The van der Waals surface area contributed by atoms with Gasteiger partial charge in [-0.25, -0.2) is 9.97 Å². The van der Waals surface area contributed by atoms with Gasteiger partial charge in [0.2, 0.25) is 0 Å². The minimum atomic E-state index is 0.0347. The first-order valence-electron chi connectivity index (χ1n) is 5.37. The Morgan fingerprint density at radius 3 is 2.74 bits per heavy atom. The highest BCUT2D eigenvalue weighted by Gasteiger charge is 2.06. The Bertz CT molecular complexity index is 592. The highest BCUT2D eigenvalue weighted by molar-refractivity contribution is 7.98. The third-order valence-electron chi connectivity index (χ3n) is 2.36. The first-order valence-corrected chi connectivity index (χ1v) is 6.73. The molecule has 0 aliphatic heterocycles. The van der Waals surface area contributed by atoms with Gasteiger partial charge in [0.25, 0.3) is 0 Å². The van der Waals surface area contributed by atoms with E-state index < -0.39 is 0 Å². The fourth-order valence-corrected chi connectivity index (χ4v) is 2.52. The first-order chi connectivity index (χ1) is 9.20. The van der Waals surface area contributed by atoms with Crippen LogP contribution in [-0.4, -0.2) is 21.0 Å². The van der Waals surface area contributed by atoms with Crippen molar-refractivity contribution in [3.63, 3.8) is 0 Å². The molecule has 0 amide bonds. The van der Waals surface area contributed by atoms with Crippen LogP contribution in [0.25, 0.3) is 0 Å². The zero-order valence-corrected chi connectivity index (χ0v) is 11.4. The maximum atomic E-state index is 8.60. The molecule has 0 saturated carbocycles. The number of amidine groups is 1. The topological polar surface area (TPSA) is 84.4 Å². The van der Waals surface area contributed by atoms with E-state index in [-0.39, 0.29) is 5.84 Å². The van der Waals surface area contributed by atoms with Crippen molar-refractivity contribution in [3.8, 4) is 0 Å². The summed E-state index contributed by atoms with van der Waals surface area (Å²) in [6.07, 6.45) is 3.39. The summed E-state index contributed by atoms with van der Waals surface area (Å²) in [6, 6.07) is 7.02. The molecule has 98 valence electrons. The van der Waals surface area contributed by atoms with E-state index in [0.717, 1.165) is 5.56 Å². The second-order valence-electron chi connectivity index (χ2n) is 3.61. The van der Waals surface area contributed by atoms with Crippen LogP contribution in [0.4, 0.5) is 0 Å². The molecule has 0 fully saturated rings. The average Bonchev–Trinajstić information content (AvgIpc) is 2.46. The van der Waals surface area contributed by atoms with E-state index >= 15 is 0 Å². The number of oxime groups is 1. The number of halogens is 1. The Hall–Kier alpha value is -1.79. The lowest BCUT2D eigenvalue weighted by Gasteiger charge is -2.05. The van der Waals surface area contributed by atoms with Gasteiger partial charge in [0.15, 0.2) is 11.0 Å². The van der Waals surface area contributed by atoms with E-state index in [1.165, 1.54) is 11.8 Å². The molecule has 0 aliphatic rings. The second kappa shape index (κ2) is 6.40. The lowest BCUT2D eigenvalue weighted by Crippen LogP contribution is -2.12. The van der Waals surface area contributed by atoms with Gasteiger partial charge >= 0.3 is 0 Å². The Morgan fingerprint density at radius 1 is 1.37 bits per heavy atom. The zero-order valence-electron chi connectivity index (χ0n) is 9.82. The number of aromatic nitrogens is 2.